The number of rotatable bonds is 3. The third-order valence-electron chi connectivity index (χ3n) is 3.46. The molecule has 0 unspecified atom stereocenters. The van der Waals surface area contributed by atoms with Gasteiger partial charge in [0.05, 0.1) is 5.69 Å². The topological polar surface area (TPSA) is 41.0 Å². The van der Waals surface area contributed by atoms with Crippen LogP contribution in [-0.4, -0.2) is 35.0 Å². The maximum Gasteiger partial charge on any atom is 0.188 e. The van der Waals surface area contributed by atoms with Crippen LogP contribution in [0, 0.1) is 0 Å². The van der Waals surface area contributed by atoms with Crippen molar-refractivity contribution in [1.82, 2.24) is 14.9 Å². The van der Waals surface area contributed by atoms with Gasteiger partial charge < -0.3 is 10.2 Å². The molecule has 100 valence electrons. The molecule has 1 aliphatic rings. The summed E-state index contributed by atoms with van der Waals surface area (Å²) in [5.41, 5.74) is 1.22. The summed E-state index contributed by atoms with van der Waals surface area (Å²) >= 11 is 1.66. The van der Waals surface area contributed by atoms with Crippen molar-refractivity contribution >= 4 is 22.3 Å². The van der Waals surface area contributed by atoms with Gasteiger partial charge in [-0.15, -0.1) is 11.3 Å². The molecule has 3 heterocycles. The van der Waals surface area contributed by atoms with Crippen molar-refractivity contribution in [3.8, 4) is 0 Å². The fourth-order valence-corrected chi connectivity index (χ4v) is 3.28. The Labute approximate surface area is 117 Å². The van der Waals surface area contributed by atoms with Crippen LogP contribution in [0.5, 0.6) is 0 Å². The van der Waals surface area contributed by atoms with Gasteiger partial charge in [0.1, 0.15) is 5.82 Å². The van der Waals surface area contributed by atoms with Gasteiger partial charge in [-0.1, -0.05) is 6.07 Å². The lowest BCUT2D eigenvalue weighted by molar-refractivity contribution is 0.249. The lowest BCUT2D eigenvalue weighted by Gasteiger charge is -2.28. The summed E-state index contributed by atoms with van der Waals surface area (Å²) in [4.78, 5) is 11.3. The molecule has 0 radical (unpaired) electrons. The molecule has 3 rings (SSSR count). The first-order valence-corrected chi connectivity index (χ1v) is 7.51. The highest BCUT2D eigenvalue weighted by Gasteiger charge is 2.21. The van der Waals surface area contributed by atoms with Crippen molar-refractivity contribution in [2.75, 3.05) is 25.5 Å². The third kappa shape index (κ3) is 3.11. The van der Waals surface area contributed by atoms with Crippen LogP contribution in [0.2, 0.25) is 0 Å². The van der Waals surface area contributed by atoms with E-state index in [0.717, 1.165) is 17.5 Å². The van der Waals surface area contributed by atoms with Gasteiger partial charge in [-0.05, 0) is 38.6 Å². The van der Waals surface area contributed by atoms with E-state index in [2.05, 4.69) is 27.6 Å². The van der Waals surface area contributed by atoms with Crippen molar-refractivity contribution in [3.63, 3.8) is 0 Å². The molecular weight excluding hydrogens is 256 g/mol. The Morgan fingerprint density at radius 1 is 1.42 bits per heavy atom. The number of hydrogen-bond donors (Lipinski definition) is 1. The number of thiazole rings is 1. The normalized spacial score (nSPS) is 20.4. The number of nitrogens with zero attached hydrogens (tertiary/aromatic N) is 3. The van der Waals surface area contributed by atoms with E-state index in [9.17, 15) is 0 Å². The van der Waals surface area contributed by atoms with Gasteiger partial charge in [0, 0.05) is 24.0 Å². The zero-order chi connectivity index (χ0) is 13.1. The Bertz CT molecular complexity index is 525. The monoisotopic (exact) mass is 274 g/mol. The molecule has 1 N–H and O–H groups in total. The number of anilines is 2. The van der Waals surface area contributed by atoms with Crippen molar-refractivity contribution in [3.05, 3.63) is 35.5 Å². The highest BCUT2D eigenvalue weighted by Crippen LogP contribution is 2.29. The lowest BCUT2D eigenvalue weighted by Crippen LogP contribution is -2.30. The first kappa shape index (κ1) is 12.6. The average molecular weight is 274 g/mol. The largest absolute Gasteiger partial charge is 0.316 e. The van der Waals surface area contributed by atoms with E-state index in [-0.39, 0.29) is 0 Å². The molecular formula is C14H18N4S. The molecule has 1 saturated heterocycles. The molecule has 1 aliphatic heterocycles. The Kier molecular flexibility index (Phi) is 3.75. The smallest absolute Gasteiger partial charge is 0.188 e. The molecule has 5 heteroatoms. The Morgan fingerprint density at radius 3 is 3.16 bits per heavy atom. The summed E-state index contributed by atoms with van der Waals surface area (Å²) in [6, 6.07) is 5.84. The standard InChI is InChI=1S/C14H18N4S/c1-18-8-4-5-11(9-18)12-10-19-14(16-12)17-13-6-2-3-7-15-13/h2-3,6-7,10-11H,4-5,8-9H2,1H3,(H,15,16,17)/t11-/m1/s1. The molecule has 1 fully saturated rings. The second-order valence-electron chi connectivity index (χ2n) is 5.02. The maximum atomic E-state index is 4.70. The van der Waals surface area contributed by atoms with Gasteiger partial charge in [0.15, 0.2) is 5.13 Å². The van der Waals surface area contributed by atoms with Crippen molar-refractivity contribution < 1.29 is 0 Å². The maximum absolute atomic E-state index is 4.70. The molecule has 19 heavy (non-hydrogen) atoms. The molecule has 0 amide bonds. The highest BCUT2D eigenvalue weighted by molar-refractivity contribution is 7.13. The van der Waals surface area contributed by atoms with E-state index in [0.29, 0.717) is 5.92 Å². The summed E-state index contributed by atoms with van der Waals surface area (Å²) < 4.78 is 0. The SMILES string of the molecule is CN1CCC[C@@H](c2csc(Nc3ccccn3)n2)C1. The van der Waals surface area contributed by atoms with E-state index < -0.39 is 0 Å². The van der Waals surface area contributed by atoms with Gasteiger partial charge in [-0.25, -0.2) is 9.97 Å². The second-order valence-corrected chi connectivity index (χ2v) is 5.88. The number of nitrogens with one attached hydrogen (secondary N) is 1. The first-order valence-electron chi connectivity index (χ1n) is 6.63. The van der Waals surface area contributed by atoms with Crippen LogP contribution in [0.3, 0.4) is 0 Å². The van der Waals surface area contributed by atoms with Crippen LogP contribution in [0.4, 0.5) is 10.9 Å². The van der Waals surface area contributed by atoms with Gasteiger partial charge in [0.2, 0.25) is 0 Å². The van der Waals surface area contributed by atoms with Crippen LogP contribution >= 0.6 is 11.3 Å². The summed E-state index contributed by atoms with van der Waals surface area (Å²) in [7, 11) is 2.19. The van der Waals surface area contributed by atoms with E-state index in [4.69, 9.17) is 4.98 Å². The number of likely N-dealkylation sites (tertiary alicyclic amines) is 1. The molecule has 0 aliphatic carbocycles. The second kappa shape index (κ2) is 5.67. The number of pyridine rings is 1. The van der Waals surface area contributed by atoms with E-state index >= 15 is 0 Å². The van der Waals surface area contributed by atoms with Gasteiger partial charge in [0.25, 0.3) is 0 Å². The van der Waals surface area contributed by atoms with Crippen molar-refractivity contribution in [2.24, 2.45) is 0 Å². The van der Waals surface area contributed by atoms with Gasteiger partial charge >= 0.3 is 0 Å². The van der Waals surface area contributed by atoms with Crippen LogP contribution in [0.25, 0.3) is 0 Å². The Hall–Kier alpha value is -1.46. The Balaban J connectivity index is 1.69. The van der Waals surface area contributed by atoms with Crippen molar-refractivity contribution in [2.45, 2.75) is 18.8 Å². The molecule has 0 bridgehead atoms. The fourth-order valence-electron chi connectivity index (χ4n) is 2.49. The lowest BCUT2D eigenvalue weighted by atomic mass is 9.96. The number of aromatic nitrogens is 2. The van der Waals surface area contributed by atoms with Crippen LogP contribution in [-0.2, 0) is 0 Å². The fraction of sp³-hybridized carbons (Fsp3) is 0.429. The van der Waals surface area contributed by atoms with Crippen LogP contribution in [0.15, 0.2) is 29.8 Å². The first-order chi connectivity index (χ1) is 9.31. The minimum absolute atomic E-state index is 0.578. The van der Waals surface area contributed by atoms with Gasteiger partial charge in [-0.2, -0.15) is 0 Å². The summed E-state index contributed by atoms with van der Waals surface area (Å²) in [6.45, 7) is 2.33. The van der Waals surface area contributed by atoms with Crippen molar-refractivity contribution in [1.29, 1.82) is 0 Å². The zero-order valence-corrected chi connectivity index (χ0v) is 11.9. The molecule has 0 aromatic carbocycles. The zero-order valence-electron chi connectivity index (χ0n) is 11.0. The van der Waals surface area contributed by atoms with Crippen LogP contribution in [0.1, 0.15) is 24.5 Å². The van der Waals surface area contributed by atoms with Gasteiger partial charge in [-0.3, -0.25) is 0 Å². The highest BCUT2D eigenvalue weighted by atomic mass is 32.1. The number of piperidine rings is 1. The minimum Gasteiger partial charge on any atom is -0.316 e. The number of likely N-dealkylation sites (N-methyl/N-ethyl adjacent to an activating group) is 1. The Morgan fingerprint density at radius 2 is 2.37 bits per heavy atom. The molecule has 2 aromatic rings. The molecule has 2 aromatic heterocycles. The van der Waals surface area contributed by atoms with E-state index in [1.54, 1.807) is 17.5 Å². The quantitative estimate of drug-likeness (QED) is 0.934. The van der Waals surface area contributed by atoms with Crippen LogP contribution < -0.4 is 5.32 Å². The molecule has 4 nitrogen and oxygen atoms in total. The van der Waals surface area contributed by atoms with E-state index in [1.165, 1.54) is 25.1 Å². The molecule has 1 atom stereocenters. The molecule has 0 saturated carbocycles. The third-order valence-corrected chi connectivity index (χ3v) is 4.24. The molecule has 0 spiro atoms. The summed E-state index contributed by atoms with van der Waals surface area (Å²) in [5, 5.41) is 6.37. The number of hydrogen-bond acceptors (Lipinski definition) is 5. The summed E-state index contributed by atoms with van der Waals surface area (Å²) in [5.74, 6) is 1.43. The predicted molar refractivity (Wildman–Crippen MR) is 79.1 cm³/mol. The minimum atomic E-state index is 0.578. The van der Waals surface area contributed by atoms with E-state index in [1.807, 2.05) is 18.2 Å². The predicted octanol–water partition coefficient (Wildman–Crippen LogP) is 3.09. The average Bonchev–Trinajstić information content (AvgIpc) is 2.88. The summed E-state index contributed by atoms with van der Waals surface area (Å²) in [6.07, 6.45) is 4.30.